The van der Waals surface area contributed by atoms with Crippen molar-refractivity contribution in [3.05, 3.63) is 136 Å². The van der Waals surface area contributed by atoms with E-state index < -0.39 is 32.6 Å². The van der Waals surface area contributed by atoms with E-state index in [0.717, 1.165) is 161 Å². The third kappa shape index (κ3) is 20.4. The molecule has 0 aliphatic carbocycles. The van der Waals surface area contributed by atoms with Crippen LogP contribution >= 0.6 is 53.4 Å². The molecule has 590 valence electrons. The standard InChI is InChI=1S/C37H54BClN7O4P.C37H48ClN8O3P.C6H6BrNO/c1-10-25-21-30(32(48-7)23-31(25)46-15-13-27(14-16-46)45-19-17-44(6)18-20-45)42-35-40-24-28(39)34(43-35)41-29-12-11-26(22-33(29)51(8,9)47)38-49-36(2,3)37(4,5)50-38;1-7-25-20-31(34(49-4)22-32(25)46-14-11-27(12-15-46)45-18-16-44(2)17-19-45)42-37-40-24-29(38)36(43-37)41-30-9-8-26(21-35(30)50(5,6)47)28-23-39-13-10-33(28)48-3;1-9-6-2-3-8-4-5(6)7/h11-12,21-24,27H,10,13-20H2,1-9H3,(H2,40,41,42,43);8-10,13,20-24,27H,7,11-12,14-19H2,1-6H3,(H2,40,41,42,43);2-4H,1H3. The van der Waals surface area contributed by atoms with Crippen molar-refractivity contribution in [2.24, 2.45) is 0 Å². The lowest BCUT2D eigenvalue weighted by Crippen LogP contribution is -2.52. The van der Waals surface area contributed by atoms with Crippen molar-refractivity contribution in [1.29, 1.82) is 0 Å². The molecule has 4 aromatic carbocycles. The molecule has 0 radical (unpaired) electrons. The van der Waals surface area contributed by atoms with E-state index in [1.54, 1.807) is 104 Å². The molecule has 4 N–H and O–H groups in total. The van der Waals surface area contributed by atoms with Crippen molar-refractivity contribution in [1.82, 2.24) is 49.5 Å². The van der Waals surface area contributed by atoms with Crippen molar-refractivity contribution in [3.8, 4) is 34.1 Å². The van der Waals surface area contributed by atoms with Gasteiger partial charge in [0.15, 0.2) is 11.6 Å². The van der Waals surface area contributed by atoms with Crippen LogP contribution in [0.5, 0.6) is 23.0 Å². The topological polar surface area (TPSA) is 234 Å². The summed E-state index contributed by atoms with van der Waals surface area (Å²) < 4.78 is 62.9. The van der Waals surface area contributed by atoms with Gasteiger partial charge in [0.2, 0.25) is 11.9 Å². The first-order valence-corrected chi connectivity index (χ1v) is 44.5. The van der Waals surface area contributed by atoms with Crippen molar-refractivity contribution in [3.63, 3.8) is 0 Å². The van der Waals surface area contributed by atoms with Gasteiger partial charge in [-0.1, -0.05) is 49.2 Å². The number of aryl methyl sites for hydroxylation is 2. The van der Waals surface area contributed by atoms with Gasteiger partial charge in [-0.15, -0.1) is 0 Å². The predicted octanol–water partition coefficient (Wildman–Crippen LogP) is 14.5. The largest absolute Gasteiger partial charge is 0.496 e. The molecule has 13 rings (SSSR count). The van der Waals surface area contributed by atoms with Crippen LogP contribution in [0.4, 0.5) is 57.7 Å². The van der Waals surface area contributed by atoms with Crippen molar-refractivity contribution in [2.45, 2.75) is 103 Å². The molecule has 8 aromatic rings. The number of likely N-dealkylation sites (N-methyl/N-ethyl adjacent to an activating group) is 2. The zero-order valence-corrected chi connectivity index (χ0v) is 71.4. The Morgan fingerprint density at radius 2 is 0.936 bits per heavy atom. The van der Waals surface area contributed by atoms with Crippen molar-refractivity contribution >= 4 is 134 Å². The Morgan fingerprint density at radius 1 is 0.518 bits per heavy atom. The molecule has 0 saturated carbocycles. The van der Waals surface area contributed by atoms with E-state index in [-0.39, 0.29) is 0 Å². The average Bonchev–Trinajstić information content (AvgIpc) is 1.58. The highest BCUT2D eigenvalue weighted by molar-refractivity contribution is 9.10. The number of hydrogen-bond acceptors (Lipinski definition) is 24. The highest BCUT2D eigenvalue weighted by Crippen LogP contribution is 2.45. The SMILES string of the molecule is CCc1cc(Nc2ncc(Cl)c(Nc3ccc(-c4cnccc4OC)cc3P(C)(C)=O)n2)c(OC)cc1N1CCC(N2CCN(C)CC2)CC1.CCc1cc(Nc2ncc(Cl)c(Nc3ccc(B4OC(C)(C)C(C)(C)O4)cc3P(C)(C)=O)n2)c(OC)cc1N1CCC(N2CCN(C)CC2)CC1.COc1ccncc1Br. The van der Waals surface area contributed by atoms with Gasteiger partial charge in [-0.3, -0.25) is 19.8 Å². The number of rotatable bonds is 22. The summed E-state index contributed by atoms with van der Waals surface area (Å²) in [6, 6.07) is 24.9. The Kier molecular flexibility index (Phi) is 27.9. The molecule has 9 heterocycles. The predicted molar refractivity (Wildman–Crippen MR) is 456 cm³/mol. The monoisotopic (exact) mass is 1640 g/mol. The minimum Gasteiger partial charge on any atom is -0.496 e. The maximum absolute atomic E-state index is 13.6. The first kappa shape index (κ1) is 83.6. The smallest absolute Gasteiger partial charge is 0.494 e. The fourth-order valence-electron chi connectivity index (χ4n) is 14.5. The molecule has 110 heavy (non-hydrogen) atoms. The number of piperazine rings is 2. The molecule has 0 amide bonds. The van der Waals surface area contributed by atoms with Crippen LogP contribution in [0.3, 0.4) is 0 Å². The zero-order chi connectivity index (χ0) is 78.8. The third-order valence-corrected chi connectivity index (χ3v) is 26.0. The number of aromatic nitrogens is 6. The van der Waals surface area contributed by atoms with Crippen LogP contribution < -0.4 is 66.1 Å². The number of anilines is 10. The lowest BCUT2D eigenvalue weighted by molar-refractivity contribution is 0.00578. The zero-order valence-electron chi connectivity index (χ0n) is 66.5. The minimum absolute atomic E-state index is 0.332. The van der Waals surface area contributed by atoms with Crippen LogP contribution in [0, 0.1) is 0 Å². The van der Waals surface area contributed by atoms with Crippen LogP contribution in [0.15, 0.2) is 114 Å². The minimum atomic E-state index is -2.76. The summed E-state index contributed by atoms with van der Waals surface area (Å²) in [5, 5.41) is 15.4. The number of hydrogen-bond donors (Lipinski definition) is 4. The van der Waals surface area contributed by atoms with Gasteiger partial charge in [-0.25, -0.2) is 9.97 Å². The number of ether oxygens (including phenoxy) is 4. The number of pyridine rings is 2. The number of piperidine rings is 2. The van der Waals surface area contributed by atoms with E-state index in [2.05, 4.69) is 139 Å². The second kappa shape index (κ2) is 36.7. The summed E-state index contributed by atoms with van der Waals surface area (Å²) in [7, 11) is 4.97. The molecule has 5 saturated heterocycles. The van der Waals surface area contributed by atoms with Gasteiger partial charge >= 0.3 is 7.12 Å². The van der Waals surface area contributed by atoms with E-state index >= 15 is 0 Å². The van der Waals surface area contributed by atoms with Crippen molar-refractivity contribution < 1.29 is 37.4 Å². The number of halogens is 3. The fourth-order valence-corrected chi connectivity index (χ4v) is 17.6. The Labute approximate surface area is 668 Å². The molecule has 30 heteroatoms. The molecule has 0 atom stereocenters. The summed E-state index contributed by atoms with van der Waals surface area (Å²) in [5.41, 5.74) is 9.21. The van der Waals surface area contributed by atoms with Crippen LogP contribution in [0.2, 0.25) is 10.0 Å². The number of nitrogens with one attached hydrogen (secondary N) is 4. The van der Waals surface area contributed by atoms with Gasteiger partial charge in [-0.2, -0.15) is 9.97 Å². The van der Waals surface area contributed by atoms with Crippen LogP contribution in [-0.4, -0.2) is 228 Å². The first-order chi connectivity index (χ1) is 52.5. The highest BCUT2D eigenvalue weighted by Gasteiger charge is 2.52. The average molecular weight is 1650 g/mol. The van der Waals surface area contributed by atoms with Gasteiger partial charge in [-0.05, 0) is 194 Å². The second-order valence-corrected chi connectivity index (χ2v) is 38.4. The highest BCUT2D eigenvalue weighted by atomic mass is 79.9. The normalized spacial score (nSPS) is 17.5. The quantitative estimate of drug-likeness (QED) is 0.0365. The number of methoxy groups -OCH3 is 4. The van der Waals surface area contributed by atoms with Gasteiger partial charge in [0.25, 0.3) is 0 Å². The first-order valence-electron chi connectivity index (χ1n) is 37.8. The van der Waals surface area contributed by atoms with E-state index in [1.807, 2.05) is 64.1 Å². The maximum atomic E-state index is 13.6. The lowest BCUT2D eigenvalue weighted by atomic mass is 9.79. The van der Waals surface area contributed by atoms with Gasteiger partial charge in [0, 0.05) is 155 Å². The maximum Gasteiger partial charge on any atom is 0.494 e. The van der Waals surface area contributed by atoms with Gasteiger partial charge in [0.1, 0.15) is 47.3 Å². The number of nitrogens with zero attached hydrogens (tertiary/aromatic N) is 12. The number of benzene rings is 4. The lowest BCUT2D eigenvalue weighted by Gasteiger charge is -2.43. The van der Waals surface area contributed by atoms with E-state index in [1.165, 1.54) is 22.5 Å². The molecular weight excluding hydrogens is 1540 g/mol. The van der Waals surface area contributed by atoms with Crippen LogP contribution in [0.1, 0.15) is 78.4 Å². The van der Waals surface area contributed by atoms with Crippen molar-refractivity contribution in [2.75, 3.05) is 179 Å². The molecule has 0 unspecified atom stereocenters. The fraction of sp³-hybridized carbons (Fsp3) is 0.475. The Balaban J connectivity index is 0.000000195. The molecule has 5 aliphatic rings. The van der Waals surface area contributed by atoms with Crippen LogP contribution in [-0.2, 0) is 31.3 Å². The summed E-state index contributed by atoms with van der Waals surface area (Å²) in [4.78, 5) is 41.8. The molecular formula is C80H108BBrCl2N16O8P2. The van der Waals surface area contributed by atoms with Gasteiger partial charge < -0.3 is 78.3 Å². The third-order valence-electron chi connectivity index (χ3n) is 21.7. The molecule has 0 bridgehead atoms. The Bertz CT molecular complexity index is 4570. The van der Waals surface area contributed by atoms with E-state index in [4.69, 9.17) is 61.4 Å². The second-order valence-electron chi connectivity index (χ2n) is 30.3. The summed E-state index contributed by atoms with van der Waals surface area (Å²) in [5.74, 6) is 4.42. The summed E-state index contributed by atoms with van der Waals surface area (Å²) in [6.45, 7) is 32.7. The Morgan fingerprint density at radius 3 is 1.35 bits per heavy atom. The van der Waals surface area contributed by atoms with E-state index in [9.17, 15) is 9.13 Å². The molecule has 5 aliphatic heterocycles. The molecule has 24 nitrogen and oxygen atoms in total. The molecule has 4 aromatic heterocycles. The summed E-state index contributed by atoms with van der Waals surface area (Å²) >= 11 is 16.5. The van der Waals surface area contributed by atoms with Gasteiger partial charge in [0.05, 0.1) is 79.3 Å². The summed E-state index contributed by atoms with van der Waals surface area (Å²) in [6.07, 6.45) is 16.3. The van der Waals surface area contributed by atoms with E-state index in [0.29, 0.717) is 79.1 Å². The molecule has 5 fully saturated rings. The molecule has 0 spiro atoms. The Hall–Kier alpha value is -7.32. The van der Waals surface area contributed by atoms with Crippen LogP contribution in [0.25, 0.3) is 11.1 Å².